The summed E-state index contributed by atoms with van der Waals surface area (Å²) in [6.45, 7) is 2.14. The fraction of sp³-hybridized carbons (Fsp3) is 0.308. The van der Waals surface area contributed by atoms with Crippen LogP contribution in [0.3, 0.4) is 0 Å². The maximum absolute atomic E-state index is 5.84. The van der Waals surface area contributed by atoms with E-state index in [1.165, 1.54) is 11.8 Å². The number of pyridine rings is 1. The summed E-state index contributed by atoms with van der Waals surface area (Å²) in [5.74, 6) is 0.883. The molecule has 0 aliphatic rings. The van der Waals surface area contributed by atoms with Crippen LogP contribution in [-0.4, -0.2) is 22.0 Å². The third-order valence-electron chi connectivity index (χ3n) is 2.54. The number of hydrogen-bond acceptors (Lipinski definition) is 5. The van der Waals surface area contributed by atoms with E-state index in [0.717, 1.165) is 34.3 Å². The van der Waals surface area contributed by atoms with Crippen LogP contribution in [0, 0.1) is 0 Å². The first-order valence-electron chi connectivity index (χ1n) is 6.05. The molecule has 0 saturated heterocycles. The lowest BCUT2D eigenvalue weighted by atomic mass is 10.2. The smallest absolute Gasteiger partial charge is 0.133 e. The van der Waals surface area contributed by atoms with Crippen molar-refractivity contribution in [2.45, 2.75) is 29.8 Å². The highest BCUT2D eigenvalue weighted by atomic mass is 35.5. The molecule has 4 nitrogen and oxygen atoms in total. The second-order valence-electron chi connectivity index (χ2n) is 3.92. The van der Waals surface area contributed by atoms with Crippen molar-refractivity contribution in [1.29, 1.82) is 0 Å². The third kappa shape index (κ3) is 3.58. The predicted molar refractivity (Wildman–Crippen MR) is 78.9 cm³/mol. The minimum atomic E-state index is 0.636. The van der Waals surface area contributed by atoms with E-state index in [9.17, 15) is 0 Å². The van der Waals surface area contributed by atoms with Crippen molar-refractivity contribution in [3.8, 4) is 0 Å². The topological polar surface area (TPSA) is 50.7 Å². The maximum Gasteiger partial charge on any atom is 0.133 e. The van der Waals surface area contributed by atoms with Crippen molar-refractivity contribution in [1.82, 2.24) is 15.0 Å². The highest BCUT2D eigenvalue weighted by Gasteiger charge is 2.11. The summed E-state index contributed by atoms with van der Waals surface area (Å²) < 4.78 is 0. The number of halogens is 1. The SMILES string of the molecule is CCCc1c(NC)ncnc1Sc1ccc(Cl)cn1. The van der Waals surface area contributed by atoms with E-state index in [2.05, 4.69) is 27.2 Å². The molecule has 0 saturated carbocycles. The number of nitrogens with zero attached hydrogens (tertiary/aromatic N) is 3. The van der Waals surface area contributed by atoms with Gasteiger partial charge in [0.25, 0.3) is 0 Å². The average Bonchev–Trinajstić information content (AvgIpc) is 2.43. The second kappa shape index (κ2) is 6.73. The molecule has 0 aliphatic heterocycles. The predicted octanol–water partition coefficient (Wildman–Crippen LogP) is 3.67. The van der Waals surface area contributed by atoms with Crippen LogP contribution in [0.2, 0.25) is 5.02 Å². The standard InChI is InChI=1S/C13H15ClN4S/c1-3-4-10-12(15-2)17-8-18-13(10)19-11-6-5-9(14)7-16-11/h5-8H,3-4H2,1-2H3,(H,15,17,18). The molecule has 6 heteroatoms. The molecule has 0 atom stereocenters. The molecule has 0 spiro atoms. The molecule has 2 heterocycles. The Balaban J connectivity index is 2.30. The van der Waals surface area contributed by atoms with Gasteiger partial charge in [-0.25, -0.2) is 15.0 Å². The Morgan fingerprint density at radius 2 is 2.11 bits per heavy atom. The highest BCUT2D eigenvalue weighted by molar-refractivity contribution is 7.99. The molecule has 0 radical (unpaired) electrons. The van der Waals surface area contributed by atoms with Gasteiger partial charge in [0.15, 0.2) is 0 Å². The molecule has 0 aliphatic carbocycles. The van der Waals surface area contributed by atoms with Crippen LogP contribution in [0.1, 0.15) is 18.9 Å². The third-order valence-corrected chi connectivity index (χ3v) is 3.76. The van der Waals surface area contributed by atoms with Crippen LogP contribution in [0.5, 0.6) is 0 Å². The van der Waals surface area contributed by atoms with Gasteiger partial charge < -0.3 is 5.32 Å². The minimum absolute atomic E-state index is 0.636. The summed E-state index contributed by atoms with van der Waals surface area (Å²) in [5, 5.41) is 5.56. The molecule has 100 valence electrons. The van der Waals surface area contributed by atoms with Gasteiger partial charge in [0.1, 0.15) is 22.2 Å². The van der Waals surface area contributed by atoms with Crippen LogP contribution in [0.4, 0.5) is 5.82 Å². The lowest BCUT2D eigenvalue weighted by Gasteiger charge is -2.11. The van der Waals surface area contributed by atoms with Gasteiger partial charge >= 0.3 is 0 Å². The zero-order chi connectivity index (χ0) is 13.7. The molecular weight excluding hydrogens is 280 g/mol. The van der Waals surface area contributed by atoms with Crippen molar-refractivity contribution < 1.29 is 0 Å². The normalized spacial score (nSPS) is 10.5. The lowest BCUT2D eigenvalue weighted by molar-refractivity contribution is 0.857. The Kier molecular flexibility index (Phi) is 4.99. The van der Waals surface area contributed by atoms with E-state index in [1.807, 2.05) is 19.2 Å². The van der Waals surface area contributed by atoms with Crippen LogP contribution < -0.4 is 5.32 Å². The quantitative estimate of drug-likeness (QED) is 0.853. The van der Waals surface area contributed by atoms with Crippen molar-refractivity contribution >= 4 is 29.2 Å². The van der Waals surface area contributed by atoms with Gasteiger partial charge in [-0.15, -0.1) is 0 Å². The number of anilines is 1. The van der Waals surface area contributed by atoms with Gasteiger partial charge in [0.2, 0.25) is 0 Å². The number of nitrogens with one attached hydrogen (secondary N) is 1. The molecule has 0 bridgehead atoms. The Hall–Kier alpha value is -1.33. The van der Waals surface area contributed by atoms with Gasteiger partial charge in [-0.3, -0.25) is 0 Å². The molecule has 2 aromatic rings. The molecule has 1 N–H and O–H groups in total. The van der Waals surface area contributed by atoms with Crippen LogP contribution >= 0.6 is 23.4 Å². The van der Waals surface area contributed by atoms with E-state index in [0.29, 0.717) is 5.02 Å². The molecular formula is C13H15ClN4S. The second-order valence-corrected chi connectivity index (χ2v) is 5.37. The van der Waals surface area contributed by atoms with Crippen molar-refractivity contribution in [2.75, 3.05) is 12.4 Å². The maximum atomic E-state index is 5.84. The molecule has 19 heavy (non-hydrogen) atoms. The molecule has 2 aromatic heterocycles. The zero-order valence-corrected chi connectivity index (χ0v) is 12.4. The average molecular weight is 295 g/mol. The molecule has 0 unspecified atom stereocenters. The molecule has 2 rings (SSSR count). The first kappa shape index (κ1) is 14.1. The van der Waals surface area contributed by atoms with E-state index >= 15 is 0 Å². The van der Waals surface area contributed by atoms with E-state index in [4.69, 9.17) is 11.6 Å². The molecule has 0 amide bonds. The Bertz CT molecular complexity index is 545. The van der Waals surface area contributed by atoms with E-state index in [1.54, 1.807) is 12.5 Å². The fourth-order valence-electron chi connectivity index (χ4n) is 1.70. The zero-order valence-electron chi connectivity index (χ0n) is 10.9. The lowest BCUT2D eigenvalue weighted by Crippen LogP contribution is -2.02. The summed E-state index contributed by atoms with van der Waals surface area (Å²) in [6, 6.07) is 3.72. The number of rotatable bonds is 5. The summed E-state index contributed by atoms with van der Waals surface area (Å²) in [6.07, 6.45) is 5.20. The van der Waals surface area contributed by atoms with Gasteiger partial charge in [0, 0.05) is 18.8 Å². The molecule has 0 fully saturated rings. The van der Waals surface area contributed by atoms with Crippen LogP contribution in [0.15, 0.2) is 34.7 Å². The Morgan fingerprint density at radius 1 is 1.26 bits per heavy atom. The van der Waals surface area contributed by atoms with Crippen molar-refractivity contribution in [2.24, 2.45) is 0 Å². The summed E-state index contributed by atoms with van der Waals surface area (Å²) in [4.78, 5) is 12.9. The highest BCUT2D eigenvalue weighted by Crippen LogP contribution is 2.31. The van der Waals surface area contributed by atoms with Crippen molar-refractivity contribution in [3.63, 3.8) is 0 Å². The molecule has 0 aromatic carbocycles. The summed E-state index contributed by atoms with van der Waals surface area (Å²) in [5.41, 5.74) is 1.13. The van der Waals surface area contributed by atoms with E-state index in [-0.39, 0.29) is 0 Å². The minimum Gasteiger partial charge on any atom is -0.373 e. The largest absolute Gasteiger partial charge is 0.373 e. The van der Waals surface area contributed by atoms with Crippen LogP contribution in [-0.2, 0) is 6.42 Å². The van der Waals surface area contributed by atoms with Crippen LogP contribution in [0.25, 0.3) is 0 Å². The Labute approximate surface area is 122 Å². The number of aromatic nitrogens is 3. The number of hydrogen-bond donors (Lipinski definition) is 1. The van der Waals surface area contributed by atoms with Crippen molar-refractivity contribution in [3.05, 3.63) is 35.2 Å². The van der Waals surface area contributed by atoms with Gasteiger partial charge in [-0.1, -0.05) is 24.9 Å². The monoisotopic (exact) mass is 294 g/mol. The first-order chi connectivity index (χ1) is 9.24. The van der Waals surface area contributed by atoms with E-state index < -0.39 is 0 Å². The first-order valence-corrected chi connectivity index (χ1v) is 7.25. The van der Waals surface area contributed by atoms with Gasteiger partial charge in [-0.2, -0.15) is 0 Å². The van der Waals surface area contributed by atoms with Gasteiger partial charge in [-0.05, 0) is 30.3 Å². The fourth-order valence-corrected chi connectivity index (χ4v) is 2.67. The summed E-state index contributed by atoms with van der Waals surface area (Å²) >= 11 is 7.37. The van der Waals surface area contributed by atoms with Gasteiger partial charge in [0.05, 0.1) is 5.02 Å². The summed E-state index contributed by atoms with van der Waals surface area (Å²) in [7, 11) is 1.87. The Morgan fingerprint density at radius 3 is 2.74 bits per heavy atom.